The number of benzene rings is 2. The molecule has 1 heterocycles. The van der Waals surface area contributed by atoms with E-state index in [0.717, 1.165) is 17.0 Å². The molecule has 5 nitrogen and oxygen atoms in total. The molecule has 0 saturated heterocycles. The summed E-state index contributed by atoms with van der Waals surface area (Å²) in [5.41, 5.74) is 2.62. The number of ether oxygens (including phenoxy) is 1. The van der Waals surface area contributed by atoms with Crippen molar-refractivity contribution >= 4 is 46.3 Å². The predicted octanol–water partition coefficient (Wildman–Crippen LogP) is 5.59. The molecule has 7 heteroatoms. The minimum absolute atomic E-state index is 0.417. The first kappa shape index (κ1) is 17.3. The van der Waals surface area contributed by atoms with E-state index in [0.29, 0.717) is 27.5 Å². The van der Waals surface area contributed by atoms with Gasteiger partial charge in [0.15, 0.2) is 0 Å². The van der Waals surface area contributed by atoms with Crippen molar-refractivity contribution in [1.29, 1.82) is 0 Å². The van der Waals surface area contributed by atoms with Crippen LogP contribution in [0.5, 0.6) is 5.75 Å². The average Bonchev–Trinajstić information content (AvgIpc) is 2.58. The molecule has 0 aliphatic carbocycles. The highest BCUT2D eigenvalue weighted by Crippen LogP contribution is 2.29. The maximum absolute atomic E-state index is 6.17. The van der Waals surface area contributed by atoms with Gasteiger partial charge in [-0.1, -0.05) is 29.3 Å². The van der Waals surface area contributed by atoms with Gasteiger partial charge in [0.05, 0.1) is 23.5 Å². The number of anilines is 4. The molecule has 3 aromatic rings. The number of aryl methyl sites for hydroxylation is 1. The topological polar surface area (TPSA) is 59.1 Å². The van der Waals surface area contributed by atoms with Crippen LogP contribution in [0.25, 0.3) is 0 Å². The summed E-state index contributed by atoms with van der Waals surface area (Å²) in [4.78, 5) is 8.67. The number of hydrogen-bond acceptors (Lipinski definition) is 5. The largest absolute Gasteiger partial charge is 0.495 e. The van der Waals surface area contributed by atoms with Crippen LogP contribution in [-0.2, 0) is 0 Å². The Morgan fingerprint density at radius 1 is 0.960 bits per heavy atom. The Labute approximate surface area is 156 Å². The third-order valence-electron chi connectivity index (χ3n) is 3.45. The smallest absolute Gasteiger partial charge is 0.229 e. The summed E-state index contributed by atoms with van der Waals surface area (Å²) in [5.74, 6) is 1.78. The number of methoxy groups -OCH3 is 1. The van der Waals surface area contributed by atoms with E-state index in [9.17, 15) is 0 Å². The molecule has 0 saturated carbocycles. The molecule has 0 aliphatic rings. The van der Waals surface area contributed by atoms with Gasteiger partial charge in [0.2, 0.25) is 5.95 Å². The van der Waals surface area contributed by atoms with Crippen molar-refractivity contribution < 1.29 is 4.74 Å². The molecule has 0 radical (unpaired) electrons. The van der Waals surface area contributed by atoms with E-state index >= 15 is 0 Å². The Morgan fingerprint density at radius 2 is 1.80 bits per heavy atom. The van der Waals surface area contributed by atoms with Gasteiger partial charge in [-0.05, 0) is 48.9 Å². The van der Waals surface area contributed by atoms with Gasteiger partial charge >= 0.3 is 0 Å². The van der Waals surface area contributed by atoms with Crippen LogP contribution >= 0.6 is 23.2 Å². The molecule has 0 spiro atoms. The molecule has 2 aromatic carbocycles. The van der Waals surface area contributed by atoms with Crippen LogP contribution in [0, 0.1) is 6.92 Å². The molecule has 1 aromatic heterocycles. The van der Waals surface area contributed by atoms with Crippen LogP contribution in [0.3, 0.4) is 0 Å². The molecule has 3 rings (SSSR count). The van der Waals surface area contributed by atoms with Gasteiger partial charge in [-0.2, -0.15) is 4.98 Å². The summed E-state index contributed by atoms with van der Waals surface area (Å²) >= 11 is 12.1. The number of nitrogens with zero attached hydrogens (tertiary/aromatic N) is 2. The van der Waals surface area contributed by atoms with Crippen molar-refractivity contribution in [2.24, 2.45) is 0 Å². The summed E-state index contributed by atoms with van der Waals surface area (Å²) in [6.07, 6.45) is 1.66. The van der Waals surface area contributed by atoms with Crippen LogP contribution in [0.2, 0.25) is 10.0 Å². The van der Waals surface area contributed by atoms with Crippen molar-refractivity contribution in [3.8, 4) is 5.75 Å². The van der Waals surface area contributed by atoms with Gasteiger partial charge in [0, 0.05) is 11.2 Å². The highest BCUT2D eigenvalue weighted by molar-refractivity contribution is 6.36. The van der Waals surface area contributed by atoms with E-state index in [4.69, 9.17) is 27.9 Å². The van der Waals surface area contributed by atoms with Crippen molar-refractivity contribution in [3.05, 3.63) is 64.3 Å². The fourth-order valence-corrected chi connectivity index (χ4v) is 2.71. The molecule has 0 bridgehead atoms. The second kappa shape index (κ2) is 7.59. The Balaban J connectivity index is 1.83. The normalized spacial score (nSPS) is 10.4. The summed E-state index contributed by atoms with van der Waals surface area (Å²) in [5, 5.41) is 7.39. The number of hydrogen-bond donors (Lipinski definition) is 2. The van der Waals surface area contributed by atoms with Gasteiger partial charge in [-0.3, -0.25) is 0 Å². The third-order valence-corrected chi connectivity index (χ3v) is 4.00. The minimum atomic E-state index is 0.417. The van der Waals surface area contributed by atoms with Crippen molar-refractivity contribution in [2.45, 2.75) is 6.92 Å². The SMILES string of the molecule is COc1ccc(C)cc1Nc1ccnc(Nc2ccc(Cl)cc2Cl)n1. The number of nitrogens with one attached hydrogen (secondary N) is 2. The maximum Gasteiger partial charge on any atom is 0.229 e. The van der Waals surface area contributed by atoms with Gasteiger partial charge in [0.1, 0.15) is 11.6 Å². The first-order valence-corrected chi connectivity index (χ1v) is 8.27. The molecule has 25 heavy (non-hydrogen) atoms. The lowest BCUT2D eigenvalue weighted by atomic mass is 10.2. The van der Waals surface area contributed by atoms with Crippen LogP contribution < -0.4 is 15.4 Å². The fourth-order valence-electron chi connectivity index (χ4n) is 2.26. The molecule has 0 fully saturated rings. The summed E-state index contributed by atoms with van der Waals surface area (Å²) in [6.45, 7) is 2.01. The maximum atomic E-state index is 6.17. The van der Waals surface area contributed by atoms with Gasteiger partial charge in [-0.15, -0.1) is 0 Å². The number of aromatic nitrogens is 2. The standard InChI is InChI=1S/C18H16Cl2N4O/c1-11-3-6-16(25-2)15(9-11)22-17-7-8-21-18(24-17)23-14-5-4-12(19)10-13(14)20/h3-10H,1-2H3,(H2,21,22,23,24). The Hall–Kier alpha value is -2.50. The first-order valence-electron chi connectivity index (χ1n) is 7.52. The average molecular weight is 375 g/mol. The summed E-state index contributed by atoms with van der Waals surface area (Å²) in [7, 11) is 1.63. The zero-order chi connectivity index (χ0) is 17.8. The van der Waals surface area contributed by atoms with Gasteiger partial charge in [-0.25, -0.2) is 4.98 Å². The summed E-state index contributed by atoms with van der Waals surface area (Å²) in [6, 6.07) is 12.8. The van der Waals surface area contributed by atoms with E-state index in [1.54, 1.807) is 37.6 Å². The van der Waals surface area contributed by atoms with E-state index in [-0.39, 0.29) is 0 Å². The lowest BCUT2D eigenvalue weighted by molar-refractivity contribution is 0.416. The van der Waals surface area contributed by atoms with Crippen molar-refractivity contribution in [1.82, 2.24) is 9.97 Å². The quantitative estimate of drug-likeness (QED) is 0.609. The van der Waals surface area contributed by atoms with Crippen LogP contribution in [0.15, 0.2) is 48.7 Å². The van der Waals surface area contributed by atoms with E-state index in [1.165, 1.54) is 0 Å². The lowest BCUT2D eigenvalue weighted by Crippen LogP contribution is -2.02. The summed E-state index contributed by atoms with van der Waals surface area (Å²) < 4.78 is 5.37. The Morgan fingerprint density at radius 3 is 2.56 bits per heavy atom. The van der Waals surface area contributed by atoms with E-state index in [2.05, 4.69) is 20.6 Å². The predicted molar refractivity (Wildman–Crippen MR) is 103 cm³/mol. The van der Waals surface area contributed by atoms with Crippen LogP contribution in [0.1, 0.15) is 5.56 Å². The van der Waals surface area contributed by atoms with Crippen molar-refractivity contribution in [3.63, 3.8) is 0 Å². The molecular formula is C18H16Cl2N4O. The fraction of sp³-hybridized carbons (Fsp3) is 0.111. The highest BCUT2D eigenvalue weighted by atomic mass is 35.5. The molecule has 0 aliphatic heterocycles. The second-order valence-corrected chi connectivity index (χ2v) is 6.19. The molecule has 128 valence electrons. The molecule has 2 N–H and O–H groups in total. The second-order valence-electron chi connectivity index (χ2n) is 5.34. The minimum Gasteiger partial charge on any atom is -0.495 e. The van der Waals surface area contributed by atoms with Gasteiger partial charge < -0.3 is 15.4 Å². The first-order chi connectivity index (χ1) is 12.0. The molecule has 0 unspecified atom stereocenters. The van der Waals surface area contributed by atoms with Crippen LogP contribution in [-0.4, -0.2) is 17.1 Å². The zero-order valence-electron chi connectivity index (χ0n) is 13.7. The number of halogens is 2. The van der Waals surface area contributed by atoms with Crippen LogP contribution in [0.4, 0.5) is 23.1 Å². The monoisotopic (exact) mass is 374 g/mol. The zero-order valence-corrected chi connectivity index (χ0v) is 15.2. The lowest BCUT2D eigenvalue weighted by Gasteiger charge is -2.12. The molecular weight excluding hydrogens is 359 g/mol. The highest BCUT2D eigenvalue weighted by Gasteiger charge is 2.07. The van der Waals surface area contributed by atoms with E-state index < -0.39 is 0 Å². The molecule has 0 amide bonds. The van der Waals surface area contributed by atoms with Gasteiger partial charge in [0.25, 0.3) is 0 Å². The Kier molecular flexibility index (Phi) is 5.26. The molecule has 0 atom stereocenters. The van der Waals surface area contributed by atoms with E-state index in [1.807, 2.05) is 25.1 Å². The number of rotatable bonds is 5. The third kappa shape index (κ3) is 4.32. The Bertz CT molecular complexity index is 902. The van der Waals surface area contributed by atoms with Crippen molar-refractivity contribution in [2.75, 3.05) is 17.7 Å².